The van der Waals surface area contributed by atoms with Crippen LogP contribution in [0.1, 0.15) is 26.7 Å². The maximum absolute atomic E-state index is 13.3. The van der Waals surface area contributed by atoms with E-state index in [1.54, 1.807) is 0 Å². The van der Waals surface area contributed by atoms with Crippen molar-refractivity contribution in [3.8, 4) is 0 Å². The van der Waals surface area contributed by atoms with Crippen molar-refractivity contribution >= 4 is 11.8 Å². The molecule has 0 radical (unpaired) electrons. The molecule has 0 saturated heterocycles. The van der Waals surface area contributed by atoms with Crippen molar-refractivity contribution in [3.05, 3.63) is 29.8 Å². The van der Waals surface area contributed by atoms with E-state index >= 15 is 0 Å². The molecule has 1 N–H and O–H groups in total. The highest BCUT2D eigenvalue weighted by Crippen LogP contribution is 2.23. The highest BCUT2D eigenvalue weighted by Gasteiger charge is 2.03. The molecule has 0 spiro atoms. The fourth-order valence-corrected chi connectivity index (χ4v) is 2.36. The molecule has 0 amide bonds. The van der Waals surface area contributed by atoms with Crippen LogP contribution in [0.4, 0.5) is 8.78 Å². The molecule has 0 fully saturated rings. The first kappa shape index (κ1) is 14.5. The molecule has 4 heteroatoms. The van der Waals surface area contributed by atoms with Crippen molar-refractivity contribution in [2.45, 2.75) is 37.6 Å². The molecule has 0 aliphatic carbocycles. The summed E-state index contributed by atoms with van der Waals surface area (Å²) in [4.78, 5) is 0.404. The maximum Gasteiger partial charge on any atom is 0.136 e. The van der Waals surface area contributed by atoms with Gasteiger partial charge in [-0.3, -0.25) is 0 Å². The Hall–Kier alpha value is -0.610. The van der Waals surface area contributed by atoms with Crippen LogP contribution in [0.3, 0.4) is 0 Å². The second-order valence-corrected chi connectivity index (χ2v) is 5.38. The van der Waals surface area contributed by atoms with Crippen LogP contribution in [0, 0.1) is 11.6 Å². The number of nitrogens with one attached hydrogen (secondary N) is 1. The van der Waals surface area contributed by atoms with Crippen molar-refractivity contribution < 1.29 is 8.78 Å². The van der Waals surface area contributed by atoms with Gasteiger partial charge in [0.1, 0.15) is 11.6 Å². The van der Waals surface area contributed by atoms with Crippen LogP contribution < -0.4 is 5.32 Å². The Bertz CT molecular complexity index is 342. The van der Waals surface area contributed by atoms with Gasteiger partial charge in [-0.1, -0.05) is 13.8 Å². The van der Waals surface area contributed by atoms with Crippen LogP contribution in [0.15, 0.2) is 23.1 Å². The van der Waals surface area contributed by atoms with Gasteiger partial charge in [0, 0.05) is 10.9 Å². The Morgan fingerprint density at radius 3 is 2.71 bits per heavy atom. The summed E-state index contributed by atoms with van der Waals surface area (Å²) in [6.07, 6.45) is 2.06. The Balaban J connectivity index is 2.20. The third-order valence-electron chi connectivity index (χ3n) is 2.27. The average molecular weight is 259 g/mol. The summed E-state index contributed by atoms with van der Waals surface area (Å²) < 4.78 is 26.1. The minimum absolute atomic E-state index is 0.336. The Morgan fingerprint density at radius 1 is 1.24 bits per heavy atom. The molecule has 1 rings (SSSR count). The lowest BCUT2D eigenvalue weighted by Gasteiger charge is -2.07. The number of benzene rings is 1. The van der Waals surface area contributed by atoms with E-state index in [0.29, 0.717) is 10.9 Å². The second kappa shape index (κ2) is 7.67. The van der Waals surface area contributed by atoms with Crippen LogP contribution in [0.2, 0.25) is 0 Å². The quantitative estimate of drug-likeness (QED) is 0.590. The van der Waals surface area contributed by atoms with Gasteiger partial charge in [0.2, 0.25) is 0 Å². The summed E-state index contributed by atoms with van der Waals surface area (Å²) in [5, 5.41) is 3.32. The Labute approximate surface area is 106 Å². The number of halogens is 2. The Morgan fingerprint density at radius 2 is 2.00 bits per heavy atom. The number of rotatable bonds is 7. The standard InChI is InChI=1S/C13H19F2NS/c1-10(2)16-7-3-4-8-17-13-9-11(14)5-6-12(13)15/h5-6,9-10,16H,3-4,7-8H2,1-2H3. The summed E-state index contributed by atoms with van der Waals surface area (Å²) in [7, 11) is 0. The lowest BCUT2D eigenvalue weighted by Crippen LogP contribution is -2.23. The van der Waals surface area contributed by atoms with E-state index in [-0.39, 0.29) is 11.6 Å². The highest BCUT2D eigenvalue weighted by molar-refractivity contribution is 7.99. The zero-order valence-electron chi connectivity index (χ0n) is 10.3. The molecule has 0 aliphatic rings. The van der Waals surface area contributed by atoms with Crippen LogP contribution in [0.5, 0.6) is 0 Å². The summed E-state index contributed by atoms with van der Waals surface area (Å²) >= 11 is 1.38. The normalized spacial score (nSPS) is 11.1. The average Bonchev–Trinajstić information content (AvgIpc) is 2.27. The largest absolute Gasteiger partial charge is 0.315 e. The first-order valence-electron chi connectivity index (χ1n) is 5.91. The number of thioether (sulfide) groups is 1. The highest BCUT2D eigenvalue weighted by atomic mass is 32.2. The van der Waals surface area contributed by atoms with Crippen molar-refractivity contribution in [2.75, 3.05) is 12.3 Å². The molecule has 17 heavy (non-hydrogen) atoms. The predicted molar refractivity (Wildman–Crippen MR) is 69.5 cm³/mol. The van der Waals surface area contributed by atoms with Gasteiger partial charge in [0.25, 0.3) is 0 Å². The van der Waals surface area contributed by atoms with E-state index in [0.717, 1.165) is 31.2 Å². The van der Waals surface area contributed by atoms with Gasteiger partial charge in [0.05, 0.1) is 0 Å². The minimum Gasteiger partial charge on any atom is -0.315 e. The Kier molecular flexibility index (Phi) is 6.52. The maximum atomic E-state index is 13.3. The van der Waals surface area contributed by atoms with Gasteiger partial charge >= 0.3 is 0 Å². The zero-order chi connectivity index (χ0) is 12.7. The van der Waals surface area contributed by atoms with E-state index in [1.807, 2.05) is 0 Å². The predicted octanol–water partition coefficient (Wildman–Crippen LogP) is 3.84. The van der Waals surface area contributed by atoms with E-state index < -0.39 is 0 Å². The fraction of sp³-hybridized carbons (Fsp3) is 0.538. The lowest BCUT2D eigenvalue weighted by molar-refractivity contribution is 0.566. The molecular weight excluding hydrogens is 240 g/mol. The molecule has 0 aromatic heterocycles. The van der Waals surface area contributed by atoms with Crippen LogP contribution in [-0.2, 0) is 0 Å². The van der Waals surface area contributed by atoms with Crippen LogP contribution in [-0.4, -0.2) is 18.3 Å². The van der Waals surface area contributed by atoms with Gasteiger partial charge in [-0.05, 0) is 43.3 Å². The summed E-state index contributed by atoms with van der Waals surface area (Å²) in [5.74, 6) is 0.104. The summed E-state index contributed by atoms with van der Waals surface area (Å²) in [6.45, 7) is 5.19. The third kappa shape index (κ3) is 6.03. The van der Waals surface area contributed by atoms with Crippen molar-refractivity contribution in [3.63, 3.8) is 0 Å². The van der Waals surface area contributed by atoms with E-state index in [1.165, 1.54) is 23.9 Å². The molecule has 0 aliphatic heterocycles. The topological polar surface area (TPSA) is 12.0 Å². The first-order chi connectivity index (χ1) is 8.09. The van der Waals surface area contributed by atoms with E-state index in [9.17, 15) is 8.78 Å². The number of hydrogen-bond donors (Lipinski definition) is 1. The fourth-order valence-electron chi connectivity index (χ4n) is 1.39. The van der Waals surface area contributed by atoms with E-state index in [2.05, 4.69) is 19.2 Å². The molecule has 0 bridgehead atoms. The molecule has 0 saturated carbocycles. The lowest BCUT2D eigenvalue weighted by atomic mass is 10.3. The molecular formula is C13H19F2NS. The monoisotopic (exact) mass is 259 g/mol. The zero-order valence-corrected chi connectivity index (χ0v) is 11.1. The molecule has 96 valence electrons. The van der Waals surface area contributed by atoms with Gasteiger partial charge in [-0.25, -0.2) is 8.78 Å². The van der Waals surface area contributed by atoms with Crippen LogP contribution in [0.25, 0.3) is 0 Å². The minimum atomic E-state index is -0.379. The summed E-state index contributed by atoms with van der Waals surface area (Å²) in [5.41, 5.74) is 0. The molecule has 1 aromatic carbocycles. The smallest absolute Gasteiger partial charge is 0.136 e. The number of hydrogen-bond acceptors (Lipinski definition) is 2. The van der Waals surface area contributed by atoms with Crippen molar-refractivity contribution in [2.24, 2.45) is 0 Å². The van der Waals surface area contributed by atoms with Gasteiger partial charge in [-0.2, -0.15) is 0 Å². The molecule has 1 nitrogen and oxygen atoms in total. The SMILES string of the molecule is CC(C)NCCCCSc1cc(F)ccc1F. The number of unbranched alkanes of at least 4 members (excludes halogenated alkanes) is 1. The third-order valence-corrected chi connectivity index (χ3v) is 3.39. The molecule has 1 aromatic rings. The second-order valence-electron chi connectivity index (χ2n) is 4.24. The van der Waals surface area contributed by atoms with E-state index in [4.69, 9.17) is 0 Å². The van der Waals surface area contributed by atoms with Crippen molar-refractivity contribution in [1.82, 2.24) is 5.32 Å². The van der Waals surface area contributed by atoms with Crippen molar-refractivity contribution in [1.29, 1.82) is 0 Å². The van der Waals surface area contributed by atoms with Gasteiger partial charge in [0.15, 0.2) is 0 Å². The molecule has 0 unspecified atom stereocenters. The molecule has 0 heterocycles. The molecule has 0 atom stereocenters. The first-order valence-corrected chi connectivity index (χ1v) is 6.89. The van der Waals surface area contributed by atoms with Gasteiger partial charge in [-0.15, -0.1) is 11.8 Å². The van der Waals surface area contributed by atoms with Crippen LogP contribution >= 0.6 is 11.8 Å². The summed E-state index contributed by atoms with van der Waals surface area (Å²) in [6, 6.07) is 4.08. The van der Waals surface area contributed by atoms with Gasteiger partial charge < -0.3 is 5.32 Å².